The van der Waals surface area contributed by atoms with Crippen LogP contribution in [-0.4, -0.2) is 82.3 Å². The molecule has 1 saturated heterocycles. The summed E-state index contributed by atoms with van der Waals surface area (Å²) >= 11 is 0. The van der Waals surface area contributed by atoms with E-state index >= 15 is 13.2 Å². The van der Waals surface area contributed by atoms with Crippen molar-refractivity contribution in [1.29, 1.82) is 0 Å². The summed E-state index contributed by atoms with van der Waals surface area (Å²) in [5.41, 5.74) is 0.686. The molecule has 1 fully saturated rings. The molecule has 0 radical (unpaired) electrons. The third-order valence-corrected chi connectivity index (χ3v) is 7.59. The second-order valence-corrected chi connectivity index (χ2v) is 10.7. The van der Waals surface area contributed by atoms with E-state index in [1.807, 2.05) is 19.1 Å². The Bertz CT molecular complexity index is 1240. The molecule has 0 spiro atoms. The standard InChI is InChI=1S/C27H33F4N5O/c1-16-8-20-19(4-5-24-21(20)11-32-34-24)26(36(16)14-27(2,31)15-37)25-22(29)9-17(10-23(25)30)33-18-12-35(13-18)7-3-6-28/h4-5,9-11,16,18,26,33,37H,3,6-8,12-15H2,1-2H3,(H,32,34)/t16-,26+,27-/m1/s1. The Kier molecular flexibility index (Phi) is 7.17. The molecule has 0 amide bonds. The van der Waals surface area contributed by atoms with E-state index in [9.17, 15) is 9.50 Å². The Morgan fingerprint density at radius 1 is 1.22 bits per heavy atom. The molecule has 3 atom stereocenters. The van der Waals surface area contributed by atoms with Gasteiger partial charge in [-0.25, -0.2) is 13.2 Å². The normalized spacial score (nSPS) is 22.6. The predicted octanol–water partition coefficient (Wildman–Crippen LogP) is 4.35. The summed E-state index contributed by atoms with van der Waals surface area (Å²) in [5.74, 6) is -1.44. The molecule has 0 bridgehead atoms. The van der Waals surface area contributed by atoms with E-state index < -0.39 is 30.0 Å². The molecule has 3 heterocycles. The third kappa shape index (κ3) is 5.06. The highest BCUT2D eigenvalue weighted by Crippen LogP contribution is 2.43. The highest BCUT2D eigenvalue weighted by molar-refractivity contribution is 5.83. The molecule has 1 aromatic heterocycles. The monoisotopic (exact) mass is 519 g/mol. The van der Waals surface area contributed by atoms with Crippen molar-refractivity contribution in [3.8, 4) is 0 Å². The van der Waals surface area contributed by atoms with Crippen LogP contribution in [-0.2, 0) is 6.42 Å². The number of aromatic nitrogens is 2. The molecule has 0 unspecified atom stereocenters. The average Bonchev–Trinajstić information content (AvgIpc) is 3.31. The number of nitrogens with one attached hydrogen (secondary N) is 2. The number of fused-ring (bicyclic) bond motifs is 3. The van der Waals surface area contributed by atoms with Crippen molar-refractivity contribution in [1.82, 2.24) is 20.0 Å². The zero-order chi connectivity index (χ0) is 26.3. The van der Waals surface area contributed by atoms with Crippen LogP contribution >= 0.6 is 0 Å². The number of alkyl halides is 2. The van der Waals surface area contributed by atoms with Crippen LogP contribution in [0, 0.1) is 11.6 Å². The van der Waals surface area contributed by atoms with Gasteiger partial charge in [0.05, 0.1) is 37.1 Å². The Morgan fingerprint density at radius 3 is 2.62 bits per heavy atom. The number of benzene rings is 2. The number of aliphatic hydroxyl groups excluding tert-OH is 1. The molecule has 2 aromatic carbocycles. The van der Waals surface area contributed by atoms with E-state index in [0.29, 0.717) is 43.7 Å². The number of nitrogens with zero attached hydrogens (tertiary/aromatic N) is 3. The number of hydrogen-bond acceptors (Lipinski definition) is 5. The van der Waals surface area contributed by atoms with Crippen molar-refractivity contribution in [2.45, 2.75) is 50.5 Å². The average molecular weight is 520 g/mol. The highest BCUT2D eigenvalue weighted by atomic mass is 19.1. The fourth-order valence-electron chi connectivity index (χ4n) is 5.71. The molecule has 37 heavy (non-hydrogen) atoms. The first-order valence-corrected chi connectivity index (χ1v) is 12.7. The first-order chi connectivity index (χ1) is 17.7. The van der Waals surface area contributed by atoms with Crippen molar-refractivity contribution in [3.05, 3.63) is 58.8 Å². The van der Waals surface area contributed by atoms with E-state index in [1.165, 1.54) is 19.1 Å². The summed E-state index contributed by atoms with van der Waals surface area (Å²) in [6, 6.07) is 5.12. The Labute approximate surface area is 213 Å². The predicted molar refractivity (Wildman–Crippen MR) is 135 cm³/mol. The van der Waals surface area contributed by atoms with E-state index in [-0.39, 0.29) is 30.9 Å². The van der Waals surface area contributed by atoms with Gasteiger partial charge in [0, 0.05) is 48.9 Å². The van der Waals surface area contributed by atoms with Gasteiger partial charge in [0.1, 0.15) is 17.3 Å². The van der Waals surface area contributed by atoms with Crippen LogP contribution in [0.1, 0.15) is 43.0 Å². The van der Waals surface area contributed by atoms with Crippen molar-refractivity contribution in [3.63, 3.8) is 0 Å². The van der Waals surface area contributed by atoms with Gasteiger partial charge in [-0.15, -0.1) is 0 Å². The number of anilines is 1. The summed E-state index contributed by atoms with van der Waals surface area (Å²) in [6.45, 7) is 3.98. The minimum absolute atomic E-state index is 0.0300. The number of H-pyrrole nitrogens is 1. The maximum atomic E-state index is 15.8. The zero-order valence-corrected chi connectivity index (χ0v) is 21.1. The molecule has 3 N–H and O–H groups in total. The van der Waals surface area contributed by atoms with E-state index in [1.54, 1.807) is 11.1 Å². The fraction of sp³-hybridized carbons (Fsp3) is 0.519. The first-order valence-electron chi connectivity index (χ1n) is 12.7. The summed E-state index contributed by atoms with van der Waals surface area (Å²) in [6.07, 6.45) is 2.73. The lowest BCUT2D eigenvalue weighted by Crippen LogP contribution is -2.54. The highest BCUT2D eigenvalue weighted by Gasteiger charge is 2.41. The molecule has 0 saturated carbocycles. The molecule has 3 aromatic rings. The molecule has 0 aliphatic carbocycles. The number of likely N-dealkylation sites (tertiary alicyclic amines) is 1. The number of hydrogen-bond donors (Lipinski definition) is 3. The number of halogens is 4. The van der Waals surface area contributed by atoms with Gasteiger partial charge in [-0.2, -0.15) is 5.10 Å². The largest absolute Gasteiger partial charge is 0.393 e. The van der Waals surface area contributed by atoms with Crippen LogP contribution < -0.4 is 5.32 Å². The minimum atomic E-state index is -1.95. The Morgan fingerprint density at radius 2 is 1.95 bits per heavy atom. The lowest BCUT2D eigenvalue weighted by Gasteiger charge is -2.44. The Hall–Kier alpha value is -2.69. The van der Waals surface area contributed by atoms with Gasteiger partial charge in [-0.3, -0.25) is 19.3 Å². The third-order valence-electron chi connectivity index (χ3n) is 7.59. The topological polar surface area (TPSA) is 67.4 Å². The van der Waals surface area contributed by atoms with Gasteiger partial charge >= 0.3 is 0 Å². The lowest BCUT2D eigenvalue weighted by atomic mass is 9.82. The summed E-state index contributed by atoms with van der Waals surface area (Å²) in [7, 11) is 0. The minimum Gasteiger partial charge on any atom is -0.393 e. The summed E-state index contributed by atoms with van der Waals surface area (Å²) < 4.78 is 59.0. The van der Waals surface area contributed by atoms with Gasteiger partial charge < -0.3 is 10.4 Å². The zero-order valence-electron chi connectivity index (χ0n) is 21.1. The van der Waals surface area contributed by atoms with Crippen molar-refractivity contribution < 1.29 is 22.7 Å². The van der Waals surface area contributed by atoms with Gasteiger partial charge in [0.2, 0.25) is 0 Å². The molecule has 5 rings (SSSR count). The van der Waals surface area contributed by atoms with Gasteiger partial charge in [-0.05, 0) is 56.0 Å². The smallest absolute Gasteiger partial charge is 0.143 e. The van der Waals surface area contributed by atoms with Gasteiger partial charge in [0.15, 0.2) is 0 Å². The SMILES string of the molecule is C[C@@H]1Cc2c(ccc3[nH]ncc23)[C@@H](c2c(F)cc(NC3CN(CCCF)C3)cc2F)N1C[C@@](C)(F)CO. The molecule has 10 heteroatoms. The summed E-state index contributed by atoms with van der Waals surface area (Å²) in [5, 5.41) is 20.7. The van der Waals surface area contributed by atoms with Gasteiger partial charge in [0.25, 0.3) is 0 Å². The molecule has 2 aliphatic heterocycles. The van der Waals surface area contributed by atoms with Crippen LogP contribution in [0.25, 0.3) is 10.9 Å². The van der Waals surface area contributed by atoms with Gasteiger partial charge in [-0.1, -0.05) is 6.07 Å². The van der Waals surface area contributed by atoms with Crippen LogP contribution in [0.3, 0.4) is 0 Å². The van der Waals surface area contributed by atoms with Crippen molar-refractivity contribution >= 4 is 16.6 Å². The first kappa shape index (κ1) is 25.9. The number of aliphatic hydroxyl groups is 1. The van der Waals surface area contributed by atoms with Crippen LogP contribution in [0.4, 0.5) is 23.2 Å². The second-order valence-electron chi connectivity index (χ2n) is 10.7. The van der Waals surface area contributed by atoms with Crippen LogP contribution in [0.5, 0.6) is 0 Å². The lowest BCUT2D eigenvalue weighted by molar-refractivity contribution is 0.0169. The quantitative estimate of drug-likeness (QED) is 0.367. The second kappa shape index (κ2) is 10.2. The Balaban J connectivity index is 1.50. The molecular formula is C27H33F4N5O. The molecule has 2 aliphatic rings. The van der Waals surface area contributed by atoms with Crippen molar-refractivity contribution in [2.24, 2.45) is 0 Å². The van der Waals surface area contributed by atoms with Crippen LogP contribution in [0.2, 0.25) is 0 Å². The van der Waals surface area contributed by atoms with E-state index in [0.717, 1.165) is 16.5 Å². The molecule has 6 nitrogen and oxygen atoms in total. The van der Waals surface area contributed by atoms with Crippen molar-refractivity contribution in [2.75, 3.05) is 44.8 Å². The van der Waals surface area contributed by atoms with E-state index in [2.05, 4.69) is 20.4 Å². The van der Waals surface area contributed by atoms with Crippen LogP contribution in [0.15, 0.2) is 30.5 Å². The molecular weight excluding hydrogens is 486 g/mol. The fourth-order valence-corrected chi connectivity index (χ4v) is 5.71. The number of rotatable bonds is 9. The van der Waals surface area contributed by atoms with E-state index in [4.69, 9.17) is 0 Å². The maximum absolute atomic E-state index is 15.8. The molecule has 200 valence electrons. The maximum Gasteiger partial charge on any atom is 0.143 e. The summed E-state index contributed by atoms with van der Waals surface area (Å²) in [4.78, 5) is 3.83. The number of aromatic amines is 1.